The van der Waals surface area contributed by atoms with Crippen LogP contribution < -0.4 is 4.74 Å². The van der Waals surface area contributed by atoms with E-state index in [-0.39, 0.29) is 6.10 Å². The molecule has 0 bridgehead atoms. The van der Waals surface area contributed by atoms with Gasteiger partial charge in [0.15, 0.2) is 0 Å². The standard InChI is InChI=1S/C13H18O2/c1-3-15-13-7-5-4-6-10(13)12-8-11(12)9(2)14/h4-7,9,11-12,14H,3,8H2,1-2H3/t9-,11-,12-/m1/s1. The summed E-state index contributed by atoms with van der Waals surface area (Å²) in [5.74, 6) is 1.90. The predicted octanol–water partition coefficient (Wildman–Crippen LogP) is 2.57. The molecule has 1 aliphatic carbocycles. The highest BCUT2D eigenvalue weighted by Gasteiger charge is 2.42. The Morgan fingerprint density at radius 3 is 2.80 bits per heavy atom. The zero-order valence-corrected chi connectivity index (χ0v) is 9.31. The fourth-order valence-electron chi connectivity index (χ4n) is 2.18. The molecule has 1 N–H and O–H groups in total. The fraction of sp³-hybridized carbons (Fsp3) is 0.538. The van der Waals surface area contributed by atoms with Crippen molar-refractivity contribution in [1.29, 1.82) is 0 Å². The highest BCUT2D eigenvalue weighted by atomic mass is 16.5. The van der Waals surface area contributed by atoms with Gasteiger partial charge >= 0.3 is 0 Å². The normalized spacial score (nSPS) is 26.1. The summed E-state index contributed by atoms with van der Waals surface area (Å²) in [6, 6.07) is 8.15. The molecule has 0 radical (unpaired) electrons. The summed E-state index contributed by atoms with van der Waals surface area (Å²) in [6.45, 7) is 4.56. The van der Waals surface area contributed by atoms with Crippen LogP contribution in [0.15, 0.2) is 24.3 Å². The van der Waals surface area contributed by atoms with Crippen molar-refractivity contribution in [3.8, 4) is 5.75 Å². The molecule has 0 unspecified atom stereocenters. The number of hydrogen-bond donors (Lipinski definition) is 1. The topological polar surface area (TPSA) is 29.5 Å². The highest BCUT2D eigenvalue weighted by Crippen LogP contribution is 2.51. The molecule has 1 saturated carbocycles. The summed E-state index contributed by atoms with van der Waals surface area (Å²) in [7, 11) is 0. The van der Waals surface area contributed by atoms with Crippen LogP contribution in [-0.2, 0) is 0 Å². The first-order valence-electron chi connectivity index (χ1n) is 5.63. The van der Waals surface area contributed by atoms with E-state index < -0.39 is 0 Å². The van der Waals surface area contributed by atoms with Crippen LogP contribution in [0, 0.1) is 5.92 Å². The van der Waals surface area contributed by atoms with Crippen LogP contribution in [0.1, 0.15) is 31.7 Å². The van der Waals surface area contributed by atoms with Gasteiger partial charge in [0.2, 0.25) is 0 Å². The SMILES string of the molecule is CCOc1ccccc1[C@H]1C[C@@H]1[C@@H](C)O. The number of para-hydroxylation sites is 1. The maximum atomic E-state index is 9.50. The molecule has 0 aromatic heterocycles. The zero-order valence-electron chi connectivity index (χ0n) is 9.31. The molecule has 0 saturated heterocycles. The van der Waals surface area contributed by atoms with Crippen molar-refractivity contribution in [2.24, 2.45) is 5.92 Å². The Morgan fingerprint density at radius 2 is 2.20 bits per heavy atom. The van der Waals surface area contributed by atoms with Crippen LogP contribution in [0.4, 0.5) is 0 Å². The number of rotatable bonds is 4. The quantitative estimate of drug-likeness (QED) is 0.820. The third kappa shape index (κ3) is 2.15. The molecule has 0 aliphatic heterocycles. The Bertz CT molecular complexity index is 333. The van der Waals surface area contributed by atoms with Gasteiger partial charge in [0.1, 0.15) is 5.75 Å². The number of ether oxygens (including phenoxy) is 1. The third-order valence-corrected chi connectivity index (χ3v) is 3.08. The Kier molecular flexibility index (Phi) is 2.96. The van der Waals surface area contributed by atoms with Crippen molar-refractivity contribution < 1.29 is 9.84 Å². The van der Waals surface area contributed by atoms with Gasteiger partial charge in [0, 0.05) is 0 Å². The maximum absolute atomic E-state index is 9.50. The van der Waals surface area contributed by atoms with Crippen molar-refractivity contribution in [3.05, 3.63) is 29.8 Å². The molecule has 3 atom stereocenters. The second kappa shape index (κ2) is 4.23. The average Bonchev–Trinajstić information content (AvgIpc) is 2.99. The lowest BCUT2D eigenvalue weighted by Crippen LogP contribution is -2.04. The zero-order chi connectivity index (χ0) is 10.8. The maximum Gasteiger partial charge on any atom is 0.122 e. The van der Waals surface area contributed by atoms with E-state index in [2.05, 4.69) is 6.07 Å². The molecule has 15 heavy (non-hydrogen) atoms. The van der Waals surface area contributed by atoms with E-state index in [4.69, 9.17) is 4.74 Å². The Morgan fingerprint density at radius 1 is 1.47 bits per heavy atom. The molecule has 2 rings (SSSR count). The van der Waals surface area contributed by atoms with Gasteiger partial charge in [0.25, 0.3) is 0 Å². The average molecular weight is 206 g/mol. The molecule has 0 heterocycles. The van der Waals surface area contributed by atoms with Gasteiger partial charge in [0.05, 0.1) is 12.7 Å². The number of hydrogen-bond acceptors (Lipinski definition) is 2. The summed E-state index contributed by atoms with van der Waals surface area (Å²) < 4.78 is 5.58. The van der Waals surface area contributed by atoms with Gasteiger partial charge in [-0.05, 0) is 43.7 Å². The molecule has 0 amide bonds. The van der Waals surface area contributed by atoms with Crippen LogP contribution >= 0.6 is 0 Å². The Balaban J connectivity index is 2.15. The van der Waals surface area contributed by atoms with Gasteiger partial charge in [-0.25, -0.2) is 0 Å². The molecule has 1 fully saturated rings. The van der Waals surface area contributed by atoms with Crippen LogP contribution in [0.5, 0.6) is 5.75 Å². The molecule has 82 valence electrons. The number of aliphatic hydroxyl groups excluding tert-OH is 1. The smallest absolute Gasteiger partial charge is 0.122 e. The fourth-order valence-corrected chi connectivity index (χ4v) is 2.18. The van der Waals surface area contributed by atoms with E-state index in [1.54, 1.807) is 0 Å². The minimum atomic E-state index is -0.204. The molecular weight excluding hydrogens is 188 g/mol. The van der Waals surface area contributed by atoms with Gasteiger partial charge in [-0.15, -0.1) is 0 Å². The van der Waals surface area contributed by atoms with Gasteiger partial charge < -0.3 is 9.84 Å². The molecule has 1 aromatic carbocycles. The minimum Gasteiger partial charge on any atom is -0.494 e. The van der Waals surface area contributed by atoms with E-state index in [1.165, 1.54) is 5.56 Å². The first-order valence-corrected chi connectivity index (χ1v) is 5.63. The minimum absolute atomic E-state index is 0.204. The second-order valence-corrected chi connectivity index (χ2v) is 4.22. The summed E-state index contributed by atoms with van der Waals surface area (Å²) in [6.07, 6.45) is 0.881. The van der Waals surface area contributed by atoms with Crippen molar-refractivity contribution in [2.45, 2.75) is 32.3 Å². The lowest BCUT2D eigenvalue weighted by atomic mass is 10.1. The Hall–Kier alpha value is -1.02. The lowest BCUT2D eigenvalue weighted by Gasteiger charge is -2.10. The van der Waals surface area contributed by atoms with E-state index in [9.17, 15) is 5.11 Å². The number of aliphatic hydroxyl groups is 1. The molecule has 1 aromatic rings. The van der Waals surface area contributed by atoms with E-state index in [0.717, 1.165) is 12.2 Å². The Labute approximate surface area is 90.9 Å². The molecule has 1 aliphatic rings. The van der Waals surface area contributed by atoms with Gasteiger partial charge in [-0.2, -0.15) is 0 Å². The first-order chi connectivity index (χ1) is 7.24. The lowest BCUT2D eigenvalue weighted by molar-refractivity contribution is 0.168. The van der Waals surface area contributed by atoms with Crippen molar-refractivity contribution in [3.63, 3.8) is 0 Å². The van der Waals surface area contributed by atoms with Crippen molar-refractivity contribution in [2.75, 3.05) is 6.61 Å². The van der Waals surface area contributed by atoms with Crippen LogP contribution in [0.3, 0.4) is 0 Å². The molecule has 2 nitrogen and oxygen atoms in total. The first kappa shape index (κ1) is 10.5. The summed E-state index contributed by atoms with van der Waals surface area (Å²) >= 11 is 0. The van der Waals surface area contributed by atoms with E-state index in [0.29, 0.717) is 18.4 Å². The van der Waals surface area contributed by atoms with Crippen LogP contribution in [0.2, 0.25) is 0 Å². The van der Waals surface area contributed by atoms with Gasteiger partial charge in [-0.3, -0.25) is 0 Å². The summed E-state index contributed by atoms with van der Waals surface area (Å²) in [5.41, 5.74) is 1.25. The van der Waals surface area contributed by atoms with Crippen molar-refractivity contribution >= 4 is 0 Å². The summed E-state index contributed by atoms with van der Waals surface area (Å²) in [5, 5.41) is 9.50. The third-order valence-electron chi connectivity index (χ3n) is 3.08. The van der Waals surface area contributed by atoms with Gasteiger partial charge in [-0.1, -0.05) is 18.2 Å². The van der Waals surface area contributed by atoms with E-state index >= 15 is 0 Å². The number of benzene rings is 1. The molecule has 0 spiro atoms. The second-order valence-electron chi connectivity index (χ2n) is 4.22. The molecular formula is C13H18O2. The molecule has 2 heteroatoms. The van der Waals surface area contributed by atoms with Crippen LogP contribution in [0.25, 0.3) is 0 Å². The van der Waals surface area contributed by atoms with Crippen molar-refractivity contribution in [1.82, 2.24) is 0 Å². The highest BCUT2D eigenvalue weighted by molar-refractivity contribution is 5.39. The van der Waals surface area contributed by atoms with Crippen LogP contribution in [-0.4, -0.2) is 17.8 Å². The summed E-state index contributed by atoms with van der Waals surface area (Å²) in [4.78, 5) is 0. The largest absolute Gasteiger partial charge is 0.494 e. The monoisotopic (exact) mass is 206 g/mol. The van der Waals surface area contributed by atoms with E-state index in [1.807, 2.05) is 32.0 Å². The predicted molar refractivity (Wildman–Crippen MR) is 60.1 cm³/mol.